The second-order valence-electron chi connectivity index (χ2n) is 16.9. The van der Waals surface area contributed by atoms with E-state index < -0.39 is 28.6 Å². The van der Waals surface area contributed by atoms with E-state index in [0.717, 1.165) is 78.8 Å². The van der Waals surface area contributed by atoms with Gasteiger partial charge in [-0.1, -0.05) is 105 Å². The molecule has 3 aromatic carbocycles. The summed E-state index contributed by atoms with van der Waals surface area (Å²) < 4.78 is 6.21. The van der Waals surface area contributed by atoms with Crippen LogP contribution in [0.2, 0.25) is 0 Å². The molecular formula is C45H52O5. The first-order valence-corrected chi connectivity index (χ1v) is 19.4. The molecule has 4 saturated carbocycles. The Labute approximate surface area is 296 Å². The third-order valence-corrected chi connectivity index (χ3v) is 15.1. The van der Waals surface area contributed by atoms with Crippen molar-refractivity contribution in [1.29, 1.82) is 0 Å². The van der Waals surface area contributed by atoms with E-state index in [1.54, 1.807) is 7.11 Å². The van der Waals surface area contributed by atoms with E-state index in [1.807, 2.05) is 6.08 Å². The molecule has 0 saturated heterocycles. The number of ether oxygens (including phenoxy) is 1. The predicted octanol–water partition coefficient (Wildman–Crippen LogP) is 7.97. The first-order chi connectivity index (χ1) is 24.2. The van der Waals surface area contributed by atoms with Crippen LogP contribution in [0.3, 0.4) is 0 Å². The zero-order chi connectivity index (χ0) is 34.5. The van der Waals surface area contributed by atoms with Crippen molar-refractivity contribution < 1.29 is 24.9 Å². The summed E-state index contributed by atoms with van der Waals surface area (Å²) >= 11 is 0. The fourth-order valence-electron chi connectivity index (χ4n) is 13.1. The number of Topliss-reactive ketones (excluding diaryl/α,β-unsaturated/α-hetero) is 1. The van der Waals surface area contributed by atoms with Crippen LogP contribution >= 0.6 is 0 Å². The number of rotatable bonds is 3. The lowest BCUT2D eigenvalue weighted by molar-refractivity contribution is -0.260. The van der Waals surface area contributed by atoms with Crippen molar-refractivity contribution in [2.24, 2.45) is 28.6 Å². The lowest BCUT2D eigenvalue weighted by Gasteiger charge is -2.55. The van der Waals surface area contributed by atoms with Gasteiger partial charge in [-0.15, -0.1) is 0 Å². The maximum absolute atomic E-state index is 15.4. The topological polar surface area (TPSA) is 87.0 Å². The molecule has 6 aliphatic rings. The van der Waals surface area contributed by atoms with Crippen LogP contribution in [0, 0.1) is 28.6 Å². The molecule has 4 fully saturated rings. The summed E-state index contributed by atoms with van der Waals surface area (Å²) in [6.07, 6.45) is 15.0. The molecule has 3 aromatic rings. The third-order valence-electron chi connectivity index (χ3n) is 15.1. The first-order valence-electron chi connectivity index (χ1n) is 19.4. The smallest absolute Gasteiger partial charge is 0.185 e. The quantitative estimate of drug-likeness (QED) is 0.194. The number of hydrogen-bond donors (Lipinski definition) is 3. The lowest BCUT2D eigenvalue weighted by Crippen LogP contribution is -2.60. The molecule has 0 heterocycles. The summed E-state index contributed by atoms with van der Waals surface area (Å²) in [4.78, 5) is 15.4. The number of hydrogen-bond acceptors (Lipinski definition) is 5. The second-order valence-corrected chi connectivity index (χ2v) is 16.9. The molecule has 2 spiro atoms. The van der Waals surface area contributed by atoms with E-state index in [2.05, 4.69) is 60.7 Å². The summed E-state index contributed by atoms with van der Waals surface area (Å²) in [5.74, 6) is -2.38. The Morgan fingerprint density at radius 1 is 0.900 bits per heavy atom. The van der Waals surface area contributed by atoms with Gasteiger partial charge in [0.1, 0.15) is 5.78 Å². The number of benzene rings is 3. The van der Waals surface area contributed by atoms with Gasteiger partial charge in [0, 0.05) is 42.8 Å². The number of aliphatic hydroxyl groups is 3. The Hall–Kier alpha value is -3.09. The fourth-order valence-corrected chi connectivity index (χ4v) is 13.1. The Morgan fingerprint density at radius 2 is 1.70 bits per heavy atom. The Balaban J connectivity index is 1.31. The minimum atomic E-state index is -1.74. The summed E-state index contributed by atoms with van der Waals surface area (Å²) in [6, 6.07) is 20.2. The second kappa shape index (κ2) is 11.7. The maximum atomic E-state index is 15.4. The van der Waals surface area contributed by atoms with Gasteiger partial charge in [0.25, 0.3) is 0 Å². The van der Waals surface area contributed by atoms with Crippen molar-refractivity contribution in [1.82, 2.24) is 0 Å². The molecule has 7 atom stereocenters. The molecule has 262 valence electrons. The molecule has 0 aliphatic heterocycles. The van der Waals surface area contributed by atoms with Crippen molar-refractivity contribution in [2.75, 3.05) is 13.7 Å². The highest BCUT2D eigenvalue weighted by molar-refractivity contribution is 5.91. The minimum Gasteiger partial charge on any atom is -0.396 e. The minimum absolute atomic E-state index is 0.0423. The molecule has 5 nitrogen and oxygen atoms in total. The van der Waals surface area contributed by atoms with Gasteiger partial charge in [-0.3, -0.25) is 4.79 Å². The van der Waals surface area contributed by atoms with E-state index >= 15 is 4.79 Å². The molecule has 7 bridgehead atoms. The molecule has 50 heavy (non-hydrogen) atoms. The average Bonchev–Trinajstić information content (AvgIpc) is 3.78. The number of aliphatic hydroxyl groups excluding tert-OH is 2. The van der Waals surface area contributed by atoms with Crippen LogP contribution in [0.25, 0.3) is 16.8 Å². The zero-order valence-corrected chi connectivity index (χ0v) is 29.5. The van der Waals surface area contributed by atoms with Gasteiger partial charge in [0.15, 0.2) is 5.79 Å². The number of aryl methyl sites for hydroxylation is 1. The fraction of sp³-hybridized carbons (Fsp3) is 0.533. The molecule has 5 heteroatoms. The van der Waals surface area contributed by atoms with Gasteiger partial charge in [-0.25, -0.2) is 0 Å². The number of ketones is 1. The molecule has 0 unspecified atom stereocenters. The Morgan fingerprint density at radius 3 is 2.46 bits per heavy atom. The monoisotopic (exact) mass is 672 g/mol. The number of methoxy groups -OCH3 is 1. The average molecular weight is 673 g/mol. The van der Waals surface area contributed by atoms with Crippen LogP contribution in [0.5, 0.6) is 0 Å². The molecule has 6 aliphatic carbocycles. The van der Waals surface area contributed by atoms with Gasteiger partial charge in [0.05, 0.1) is 11.5 Å². The van der Waals surface area contributed by atoms with Crippen LogP contribution in [0.1, 0.15) is 104 Å². The molecule has 0 amide bonds. The number of carbonyl (C=O) groups excluding carboxylic acids is 1. The number of fused-ring (bicyclic) bond motifs is 6. The molecule has 3 N–H and O–H groups in total. The van der Waals surface area contributed by atoms with Gasteiger partial charge >= 0.3 is 0 Å². The van der Waals surface area contributed by atoms with Crippen molar-refractivity contribution in [3.63, 3.8) is 0 Å². The highest BCUT2D eigenvalue weighted by atomic mass is 16.6. The largest absolute Gasteiger partial charge is 0.396 e. The Bertz CT molecular complexity index is 1900. The summed E-state index contributed by atoms with van der Waals surface area (Å²) in [7, 11) is 1.55. The maximum Gasteiger partial charge on any atom is 0.185 e. The zero-order valence-electron chi connectivity index (χ0n) is 29.5. The van der Waals surface area contributed by atoms with Crippen LogP contribution in [0.4, 0.5) is 0 Å². The van der Waals surface area contributed by atoms with E-state index in [-0.39, 0.29) is 42.0 Å². The summed E-state index contributed by atoms with van der Waals surface area (Å²) in [6.45, 7) is 4.68. The van der Waals surface area contributed by atoms with E-state index in [0.29, 0.717) is 19.3 Å². The van der Waals surface area contributed by atoms with Crippen LogP contribution in [-0.4, -0.2) is 46.7 Å². The normalized spacial score (nSPS) is 36.2. The van der Waals surface area contributed by atoms with Gasteiger partial charge < -0.3 is 20.1 Å². The van der Waals surface area contributed by atoms with Crippen molar-refractivity contribution in [3.8, 4) is 0 Å². The van der Waals surface area contributed by atoms with Gasteiger partial charge in [-0.05, 0) is 101 Å². The van der Waals surface area contributed by atoms with Crippen LogP contribution in [-0.2, 0) is 27.8 Å². The van der Waals surface area contributed by atoms with Crippen molar-refractivity contribution >= 4 is 22.6 Å². The van der Waals surface area contributed by atoms with Crippen molar-refractivity contribution in [3.05, 3.63) is 101 Å². The van der Waals surface area contributed by atoms with E-state index in [1.165, 1.54) is 23.1 Å². The molecule has 0 radical (unpaired) electrons. The summed E-state index contributed by atoms with van der Waals surface area (Å²) in [5, 5.41) is 37.8. The van der Waals surface area contributed by atoms with E-state index in [4.69, 9.17) is 11.3 Å². The van der Waals surface area contributed by atoms with Crippen molar-refractivity contribution in [2.45, 2.75) is 107 Å². The molecular weight excluding hydrogens is 620 g/mol. The Kier molecular flexibility index (Phi) is 7.68. The highest BCUT2D eigenvalue weighted by Gasteiger charge is 2.83. The number of carbonyl (C=O) groups is 1. The highest BCUT2D eigenvalue weighted by Crippen LogP contribution is 2.77. The van der Waals surface area contributed by atoms with Crippen LogP contribution < -0.4 is 0 Å². The van der Waals surface area contributed by atoms with Gasteiger partial charge in [-0.2, -0.15) is 0 Å². The van der Waals surface area contributed by atoms with Gasteiger partial charge in [0.2, 0.25) is 0 Å². The SMILES string of the molecule is C=C1[C@@H]2[C@H](CO)C[C@@]3(C(=O)CCc4cccc(c4)C4(CCCC4)[C@H]4c5cc6cc(ccc6cc5C=C[C@H]4O)C[C@]13C1CCCCC1)[C@@]2(O)OC. The molecule has 0 aromatic heterocycles. The third kappa shape index (κ3) is 4.18. The summed E-state index contributed by atoms with van der Waals surface area (Å²) in [5.41, 5.74) is 4.68. The molecule has 9 rings (SSSR count). The standard InChI is InChI=1S/C45H52O5/c1-28-40-34(27-46)26-44(45(40,49)50-2)39(48)18-14-29-9-8-12-36(22-29)42(19-6-7-20-42)41-37-24-33-21-30(25-43(28,44)35-10-4-3-5-11-35)13-15-31(33)23-32(37)16-17-38(41)47/h8-9,12-13,15-17,21-24,34-35,38,40-41,46-47,49H,1,3-7,10-11,14,18-20,25-27H2,2H3/t34-,38+,40+,41-,43+,44-,45-/m0/s1. The predicted molar refractivity (Wildman–Crippen MR) is 197 cm³/mol. The van der Waals surface area contributed by atoms with E-state index in [9.17, 15) is 15.3 Å². The first kappa shape index (κ1) is 32.8. The lowest BCUT2D eigenvalue weighted by atomic mass is 9.47. The van der Waals surface area contributed by atoms with Crippen LogP contribution in [0.15, 0.2) is 72.8 Å².